The number of hydrogen-bond donors (Lipinski definition) is 0. The summed E-state index contributed by atoms with van der Waals surface area (Å²) in [6, 6.07) is 8.27. The van der Waals surface area contributed by atoms with Crippen LogP contribution < -0.4 is 0 Å². The van der Waals surface area contributed by atoms with Crippen molar-refractivity contribution in [3.63, 3.8) is 0 Å². The smallest absolute Gasteiger partial charge is 0.228 e. The second kappa shape index (κ2) is 4.81. The topological polar surface area (TPSA) is 38.9 Å². The Kier molecular flexibility index (Phi) is 2.81. The zero-order valence-electron chi connectivity index (χ0n) is 11.3. The van der Waals surface area contributed by atoms with Crippen LogP contribution in [0.1, 0.15) is 24.3 Å². The summed E-state index contributed by atoms with van der Waals surface area (Å²) in [6.45, 7) is 0. The molecule has 4 rings (SSSR count). The molecule has 3 nitrogen and oxygen atoms in total. The van der Waals surface area contributed by atoms with Crippen molar-refractivity contribution in [1.29, 1.82) is 0 Å². The van der Waals surface area contributed by atoms with E-state index in [1.54, 1.807) is 30.8 Å². The van der Waals surface area contributed by atoms with E-state index in [9.17, 15) is 4.39 Å². The Bertz CT molecular complexity index is 775. The fourth-order valence-electron chi connectivity index (χ4n) is 2.48. The molecule has 0 radical (unpaired) electrons. The molecule has 3 aromatic rings. The summed E-state index contributed by atoms with van der Waals surface area (Å²) >= 11 is 0. The molecule has 1 aromatic carbocycles. The summed E-state index contributed by atoms with van der Waals surface area (Å²) in [5.74, 6) is 0.916. The van der Waals surface area contributed by atoms with Gasteiger partial charge in [0.2, 0.25) is 5.89 Å². The van der Waals surface area contributed by atoms with Crippen LogP contribution >= 0.6 is 0 Å². The van der Waals surface area contributed by atoms with Crippen molar-refractivity contribution in [3.05, 3.63) is 60.4 Å². The highest BCUT2D eigenvalue weighted by atomic mass is 19.1. The SMILES string of the molecule is Fc1ccc(-c2coc(-c3cnccc3C3CC3)n2)cc1. The van der Waals surface area contributed by atoms with Crippen LogP contribution in [0.4, 0.5) is 4.39 Å². The van der Waals surface area contributed by atoms with Crippen LogP contribution in [0.3, 0.4) is 0 Å². The van der Waals surface area contributed by atoms with Gasteiger partial charge >= 0.3 is 0 Å². The van der Waals surface area contributed by atoms with E-state index in [1.807, 2.05) is 6.07 Å². The molecule has 0 aliphatic heterocycles. The minimum absolute atomic E-state index is 0.259. The first kappa shape index (κ1) is 12.3. The van der Waals surface area contributed by atoms with Gasteiger partial charge in [0.1, 0.15) is 17.8 Å². The third-order valence-electron chi connectivity index (χ3n) is 3.75. The number of pyridine rings is 1. The summed E-state index contributed by atoms with van der Waals surface area (Å²) in [7, 11) is 0. The lowest BCUT2D eigenvalue weighted by Crippen LogP contribution is -1.89. The zero-order chi connectivity index (χ0) is 14.2. The third-order valence-corrected chi connectivity index (χ3v) is 3.75. The lowest BCUT2D eigenvalue weighted by atomic mass is 10.1. The molecule has 21 heavy (non-hydrogen) atoms. The van der Waals surface area contributed by atoms with E-state index >= 15 is 0 Å². The maximum atomic E-state index is 13.0. The van der Waals surface area contributed by atoms with Crippen molar-refractivity contribution < 1.29 is 8.81 Å². The highest BCUT2D eigenvalue weighted by molar-refractivity contribution is 5.65. The Hall–Kier alpha value is -2.49. The molecule has 1 aliphatic rings. The van der Waals surface area contributed by atoms with Gasteiger partial charge in [0.25, 0.3) is 0 Å². The fourth-order valence-corrected chi connectivity index (χ4v) is 2.48. The van der Waals surface area contributed by atoms with Crippen molar-refractivity contribution in [2.75, 3.05) is 0 Å². The second-order valence-electron chi connectivity index (χ2n) is 5.28. The van der Waals surface area contributed by atoms with Crippen LogP contribution in [0.15, 0.2) is 53.4 Å². The summed E-state index contributed by atoms with van der Waals surface area (Å²) < 4.78 is 18.6. The van der Waals surface area contributed by atoms with E-state index in [0.717, 1.165) is 11.1 Å². The molecule has 4 heteroatoms. The molecule has 1 fully saturated rings. The summed E-state index contributed by atoms with van der Waals surface area (Å²) in [5, 5.41) is 0. The van der Waals surface area contributed by atoms with Gasteiger partial charge in [-0.15, -0.1) is 0 Å². The molecule has 0 N–H and O–H groups in total. The Morgan fingerprint density at radius 2 is 1.90 bits per heavy atom. The van der Waals surface area contributed by atoms with E-state index in [-0.39, 0.29) is 5.82 Å². The van der Waals surface area contributed by atoms with Crippen LogP contribution in [0.25, 0.3) is 22.7 Å². The molecular formula is C17H13FN2O. The molecule has 104 valence electrons. The van der Waals surface area contributed by atoms with E-state index in [1.165, 1.54) is 30.5 Å². The third kappa shape index (κ3) is 2.33. The van der Waals surface area contributed by atoms with Gasteiger partial charge in [0.05, 0.1) is 5.56 Å². The van der Waals surface area contributed by atoms with Gasteiger partial charge in [0, 0.05) is 18.0 Å². The van der Waals surface area contributed by atoms with Gasteiger partial charge < -0.3 is 4.42 Å². The maximum absolute atomic E-state index is 13.0. The lowest BCUT2D eigenvalue weighted by Gasteiger charge is -2.03. The lowest BCUT2D eigenvalue weighted by molar-refractivity contribution is 0.573. The largest absolute Gasteiger partial charge is 0.444 e. The second-order valence-corrected chi connectivity index (χ2v) is 5.28. The maximum Gasteiger partial charge on any atom is 0.228 e. The van der Waals surface area contributed by atoms with Crippen LogP contribution in [0.2, 0.25) is 0 Å². The van der Waals surface area contributed by atoms with Crippen molar-refractivity contribution in [2.24, 2.45) is 0 Å². The van der Waals surface area contributed by atoms with Gasteiger partial charge in [-0.05, 0) is 54.7 Å². The number of halogens is 1. The van der Waals surface area contributed by atoms with Crippen molar-refractivity contribution in [3.8, 4) is 22.7 Å². The summed E-state index contributed by atoms with van der Waals surface area (Å²) in [6.07, 6.45) is 7.63. The van der Waals surface area contributed by atoms with E-state index in [0.29, 0.717) is 17.5 Å². The van der Waals surface area contributed by atoms with Gasteiger partial charge in [-0.25, -0.2) is 9.37 Å². The first-order valence-corrected chi connectivity index (χ1v) is 6.97. The standard InChI is InChI=1S/C17H13FN2O/c18-13-5-3-12(4-6-13)16-10-21-17(20-16)15-9-19-8-7-14(15)11-1-2-11/h3-11H,1-2H2. The Balaban J connectivity index is 1.73. The van der Waals surface area contributed by atoms with Crippen molar-refractivity contribution in [2.45, 2.75) is 18.8 Å². The average molecular weight is 280 g/mol. The van der Waals surface area contributed by atoms with Gasteiger partial charge in [-0.3, -0.25) is 4.98 Å². The number of hydrogen-bond acceptors (Lipinski definition) is 3. The molecule has 2 aromatic heterocycles. The molecule has 0 atom stereocenters. The van der Waals surface area contributed by atoms with Crippen LogP contribution in [0, 0.1) is 5.82 Å². The Morgan fingerprint density at radius 3 is 2.67 bits per heavy atom. The Morgan fingerprint density at radius 1 is 1.10 bits per heavy atom. The Labute approximate surface area is 121 Å². The van der Waals surface area contributed by atoms with Crippen LogP contribution in [-0.4, -0.2) is 9.97 Å². The van der Waals surface area contributed by atoms with Crippen molar-refractivity contribution >= 4 is 0 Å². The molecule has 0 spiro atoms. The first-order valence-electron chi connectivity index (χ1n) is 6.97. The van der Waals surface area contributed by atoms with Crippen LogP contribution in [-0.2, 0) is 0 Å². The predicted octanol–water partition coefficient (Wildman–Crippen LogP) is 4.42. The normalized spacial score (nSPS) is 14.3. The molecule has 1 aliphatic carbocycles. The van der Waals surface area contributed by atoms with Gasteiger partial charge in [-0.2, -0.15) is 0 Å². The summed E-state index contributed by atoms with van der Waals surface area (Å²) in [4.78, 5) is 8.70. The monoisotopic (exact) mass is 280 g/mol. The van der Waals surface area contributed by atoms with Gasteiger partial charge in [-0.1, -0.05) is 0 Å². The van der Waals surface area contributed by atoms with Gasteiger partial charge in [0.15, 0.2) is 0 Å². The number of benzene rings is 1. The minimum Gasteiger partial charge on any atom is -0.444 e. The zero-order valence-corrected chi connectivity index (χ0v) is 11.3. The first-order chi connectivity index (χ1) is 10.3. The quantitative estimate of drug-likeness (QED) is 0.713. The molecule has 0 bridgehead atoms. The highest BCUT2D eigenvalue weighted by Crippen LogP contribution is 2.44. The molecule has 1 saturated carbocycles. The van der Waals surface area contributed by atoms with Crippen molar-refractivity contribution in [1.82, 2.24) is 9.97 Å². The average Bonchev–Trinajstić information content (AvgIpc) is 3.25. The number of oxazole rings is 1. The van der Waals surface area contributed by atoms with E-state index < -0.39 is 0 Å². The number of nitrogens with zero attached hydrogens (tertiary/aromatic N) is 2. The highest BCUT2D eigenvalue weighted by Gasteiger charge is 2.27. The van der Waals surface area contributed by atoms with Crippen LogP contribution in [0.5, 0.6) is 0 Å². The number of aromatic nitrogens is 2. The molecule has 0 saturated heterocycles. The summed E-state index contributed by atoms with van der Waals surface area (Å²) in [5.41, 5.74) is 3.74. The molecule has 0 unspecified atom stereocenters. The van der Waals surface area contributed by atoms with E-state index in [4.69, 9.17) is 4.42 Å². The molecule has 0 amide bonds. The fraction of sp³-hybridized carbons (Fsp3) is 0.176. The molecule has 2 heterocycles. The minimum atomic E-state index is -0.259. The van der Waals surface area contributed by atoms with E-state index in [2.05, 4.69) is 9.97 Å². The number of rotatable bonds is 3. The molecular weight excluding hydrogens is 267 g/mol. The predicted molar refractivity (Wildman–Crippen MR) is 77.1 cm³/mol.